The molecule has 0 aliphatic carbocycles. The van der Waals surface area contributed by atoms with Gasteiger partial charge in [0.25, 0.3) is 0 Å². The fourth-order valence-corrected chi connectivity index (χ4v) is 1.60. The second-order valence-corrected chi connectivity index (χ2v) is 5.08. The highest BCUT2D eigenvalue weighted by Gasteiger charge is 2.02. The van der Waals surface area contributed by atoms with E-state index in [4.69, 9.17) is 9.84 Å². The minimum Gasteiger partial charge on any atom is -0.396 e. The van der Waals surface area contributed by atoms with E-state index >= 15 is 0 Å². The van der Waals surface area contributed by atoms with Crippen LogP contribution in [0.2, 0.25) is 0 Å². The van der Waals surface area contributed by atoms with Gasteiger partial charge in [-0.1, -0.05) is 6.92 Å². The number of aliphatic hydroxyl groups excluding tert-OH is 1. The molecule has 0 bridgehead atoms. The zero-order valence-corrected chi connectivity index (χ0v) is 16.2. The van der Waals surface area contributed by atoms with Crippen LogP contribution in [0.5, 0.6) is 0 Å². The summed E-state index contributed by atoms with van der Waals surface area (Å²) in [7, 11) is 3.84. The highest BCUT2D eigenvalue weighted by Crippen LogP contribution is 1.92. The van der Waals surface area contributed by atoms with Gasteiger partial charge < -0.3 is 25.4 Å². The van der Waals surface area contributed by atoms with Crippen LogP contribution in [-0.2, 0) is 4.74 Å². The van der Waals surface area contributed by atoms with Crippen LogP contribution >= 0.6 is 24.0 Å². The average molecular weight is 416 g/mol. The third kappa shape index (κ3) is 14.6. The molecule has 21 heavy (non-hydrogen) atoms. The van der Waals surface area contributed by atoms with E-state index in [9.17, 15) is 0 Å². The van der Waals surface area contributed by atoms with Crippen molar-refractivity contribution in [1.82, 2.24) is 15.5 Å². The summed E-state index contributed by atoms with van der Waals surface area (Å²) in [5.41, 5.74) is 0. The number of aliphatic imine (C=N–C) groups is 1. The monoisotopic (exact) mass is 416 g/mol. The minimum atomic E-state index is 0. The first kappa shape index (κ1) is 23.2. The molecule has 0 aromatic heterocycles. The van der Waals surface area contributed by atoms with Crippen molar-refractivity contribution in [3.05, 3.63) is 0 Å². The predicted octanol–water partition coefficient (Wildman–Crippen LogP) is 0.756. The number of hydrogen-bond acceptors (Lipinski definition) is 4. The number of rotatable bonds is 11. The highest BCUT2D eigenvalue weighted by atomic mass is 127. The van der Waals surface area contributed by atoms with Crippen LogP contribution in [0.25, 0.3) is 0 Å². The van der Waals surface area contributed by atoms with Gasteiger partial charge in [0.1, 0.15) is 0 Å². The highest BCUT2D eigenvalue weighted by molar-refractivity contribution is 14.0. The lowest BCUT2D eigenvalue weighted by Gasteiger charge is -2.18. The van der Waals surface area contributed by atoms with Crippen molar-refractivity contribution in [1.29, 1.82) is 0 Å². The van der Waals surface area contributed by atoms with Gasteiger partial charge in [0, 0.05) is 53.0 Å². The summed E-state index contributed by atoms with van der Waals surface area (Å²) in [6, 6.07) is 0. The minimum absolute atomic E-state index is 0. The van der Waals surface area contributed by atoms with Crippen molar-refractivity contribution in [2.75, 3.05) is 60.1 Å². The van der Waals surface area contributed by atoms with E-state index in [2.05, 4.69) is 27.6 Å². The summed E-state index contributed by atoms with van der Waals surface area (Å²) in [5, 5.41) is 15.5. The fourth-order valence-electron chi connectivity index (χ4n) is 1.60. The van der Waals surface area contributed by atoms with Gasteiger partial charge in [-0.3, -0.25) is 4.99 Å². The Morgan fingerprint density at radius 3 is 2.62 bits per heavy atom. The lowest BCUT2D eigenvalue weighted by molar-refractivity contribution is 0.180. The number of ether oxygens (including phenoxy) is 1. The Hall–Kier alpha value is -0.120. The molecule has 0 saturated heterocycles. The van der Waals surface area contributed by atoms with Gasteiger partial charge in [0.05, 0.1) is 0 Å². The number of aliphatic hydroxyl groups is 1. The standard InChI is InChI=1S/C14H32N4O2.HI/c1-5-15-14(17-11-13(2)12-19)16-7-9-18(3)8-6-10-20-4;/h13,19H,5-12H2,1-4H3,(H2,15,16,17);1H. The average Bonchev–Trinajstić information content (AvgIpc) is 2.44. The van der Waals surface area contributed by atoms with E-state index in [1.54, 1.807) is 7.11 Å². The molecule has 0 aromatic carbocycles. The molecule has 0 radical (unpaired) electrons. The van der Waals surface area contributed by atoms with Crippen LogP contribution < -0.4 is 10.6 Å². The zero-order chi connectivity index (χ0) is 15.2. The molecule has 3 N–H and O–H groups in total. The Labute approximate surface area is 146 Å². The second-order valence-electron chi connectivity index (χ2n) is 5.08. The molecule has 0 saturated carbocycles. The molecular weight excluding hydrogens is 383 g/mol. The van der Waals surface area contributed by atoms with Crippen molar-refractivity contribution in [2.45, 2.75) is 20.3 Å². The maximum Gasteiger partial charge on any atom is 0.191 e. The van der Waals surface area contributed by atoms with Gasteiger partial charge in [0.15, 0.2) is 5.96 Å². The largest absolute Gasteiger partial charge is 0.396 e. The number of halogens is 1. The molecular formula is C14H33IN4O2. The van der Waals surface area contributed by atoms with Crippen molar-refractivity contribution >= 4 is 29.9 Å². The Balaban J connectivity index is 0. The fraction of sp³-hybridized carbons (Fsp3) is 0.929. The van der Waals surface area contributed by atoms with Crippen molar-refractivity contribution in [3.8, 4) is 0 Å². The number of methoxy groups -OCH3 is 1. The summed E-state index contributed by atoms with van der Waals surface area (Å²) in [4.78, 5) is 6.72. The third-order valence-corrected chi connectivity index (χ3v) is 2.89. The maximum atomic E-state index is 9.00. The van der Waals surface area contributed by atoms with E-state index in [-0.39, 0.29) is 36.5 Å². The van der Waals surface area contributed by atoms with Crippen LogP contribution in [0.1, 0.15) is 20.3 Å². The van der Waals surface area contributed by atoms with Crippen molar-refractivity contribution in [3.63, 3.8) is 0 Å². The molecule has 1 atom stereocenters. The number of likely N-dealkylation sites (N-methyl/N-ethyl adjacent to an activating group) is 1. The van der Waals surface area contributed by atoms with Gasteiger partial charge in [-0.05, 0) is 26.3 Å². The van der Waals surface area contributed by atoms with Crippen molar-refractivity contribution in [2.24, 2.45) is 10.9 Å². The number of hydrogen-bond donors (Lipinski definition) is 3. The number of guanidine groups is 1. The zero-order valence-electron chi connectivity index (χ0n) is 13.9. The Bertz CT molecular complexity index is 255. The summed E-state index contributed by atoms with van der Waals surface area (Å²) in [6.45, 7) is 9.32. The lowest BCUT2D eigenvalue weighted by atomic mass is 10.2. The second kappa shape index (κ2) is 16.3. The molecule has 0 fully saturated rings. The smallest absolute Gasteiger partial charge is 0.191 e. The molecule has 0 rings (SSSR count). The predicted molar refractivity (Wildman–Crippen MR) is 99.6 cm³/mol. The molecule has 6 nitrogen and oxygen atoms in total. The van der Waals surface area contributed by atoms with Gasteiger partial charge >= 0.3 is 0 Å². The van der Waals surface area contributed by atoms with Gasteiger partial charge in [-0.25, -0.2) is 0 Å². The molecule has 0 spiro atoms. The molecule has 0 aliphatic heterocycles. The first-order valence-electron chi connectivity index (χ1n) is 7.44. The Morgan fingerprint density at radius 2 is 2.05 bits per heavy atom. The quantitative estimate of drug-likeness (QED) is 0.201. The van der Waals surface area contributed by atoms with Gasteiger partial charge in [-0.2, -0.15) is 0 Å². The van der Waals surface area contributed by atoms with E-state index in [1.165, 1.54) is 0 Å². The van der Waals surface area contributed by atoms with Crippen LogP contribution in [-0.4, -0.2) is 76.1 Å². The van der Waals surface area contributed by atoms with Gasteiger partial charge in [-0.15, -0.1) is 24.0 Å². The van der Waals surface area contributed by atoms with Crippen LogP contribution in [0, 0.1) is 5.92 Å². The molecule has 1 unspecified atom stereocenters. The van der Waals surface area contributed by atoms with Crippen molar-refractivity contribution < 1.29 is 9.84 Å². The van der Waals surface area contributed by atoms with E-state index in [0.29, 0.717) is 6.54 Å². The maximum absolute atomic E-state index is 9.00. The molecule has 0 amide bonds. The topological polar surface area (TPSA) is 69.1 Å². The summed E-state index contributed by atoms with van der Waals surface area (Å²) >= 11 is 0. The van der Waals surface area contributed by atoms with E-state index in [1.807, 2.05) is 13.8 Å². The van der Waals surface area contributed by atoms with E-state index in [0.717, 1.165) is 45.2 Å². The van der Waals surface area contributed by atoms with Crippen LogP contribution in [0.4, 0.5) is 0 Å². The van der Waals surface area contributed by atoms with Gasteiger partial charge in [0.2, 0.25) is 0 Å². The normalized spacial score (nSPS) is 13.0. The molecule has 0 heterocycles. The number of nitrogens with one attached hydrogen (secondary N) is 2. The van der Waals surface area contributed by atoms with E-state index < -0.39 is 0 Å². The Kier molecular flexibility index (Phi) is 17.9. The third-order valence-electron chi connectivity index (χ3n) is 2.89. The molecule has 128 valence electrons. The molecule has 0 aromatic rings. The van der Waals surface area contributed by atoms with Crippen LogP contribution in [0.15, 0.2) is 4.99 Å². The molecule has 7 heteroatoms. The first-order chi connectivity index (χ1) is 9.63. The molecule has 0 aliphatic rings. The van der Waals surface area contributed by atoms with Crippen LogP contribution in [0.3, 0.4) is 0 Å². The summed E-state index contributed by atoms with van der Waals surface area (Å²) in [6.07, 6.45) is 1.05. The SMILES string of the molecule is CCNC(=NCC(C)CO)NCCN(C)CCCOC.I. The summed E-state index contributed by atoms with van der Waals surface area (Å²) < 4.78 is 5.04. The number of nitrogens with zero attached hydrogens (tertiary/aromatic N) is 2. The summed E-state index contributed by atoms with van der Waals surface area (Å²) in [5.74, 6) is 1.01. The first-order valence-corrected chi connectivity index (χ1v) is 7.44. The lowest BCUT2D eigenvalue weighted by Crippen LogP contribution is -2.41. The Morgan fingerprint density at radius 1 is 1.33 bits per heavy atom.